The number of likely N-dealkylation sites (tertiary alicyclic amines) is 1. The van der Waals surface area contributed by atoms with Crippen molar-refractivity contribution in [2.24, 2.45) is 5.92 Å². The number of amides is 1. The van der Waals surface area contributed by atoms with Gasteiger partial charge in [-0.25, -0.2) is 8.42 Å². The lowest BCUT2D eigenvalue weighted by Gasteiger charge is -2.34. The van der Waals surface area contributed by atoms with Crippen LogP contribution in [0.1, 0.15) is 23.2 Å². The molecule has 0 aliphatic carbocycles. The van der Waals surface area contributed by atoms with Gasteiger partial charge < -0.3 is 14.4 Å². The molecule has 0 radical (unpaired) electrons. The standard InChI is InChI=1S/C21H24N2O5S/c24-20(23-12-4-5-17(15-23)21-27-13-14-28-21)16-8-10-19(11-9-16)29(25,26)22-18-6-2-1-3-7-18/h1-3,6-11,17,21-22H,4-5,12-15H2. The predicted molar refractivity (Wildman–Crippen MR) is 108 cm³/mol. The average Bonchev–Trinajstić information content (AvgIpc) is 3.29. The molecule has 29 heavy (non-hydrogen) atoms. The summed E-state index contributed by atoms with van der Waals surface area (Å²) in [6, 6.07) is 14.7. The summed E-state index contributed by atoms with van der Waals surface area (Å²) in [5.41, 5.74) is 0.959. The summed E-state index contributed by atoms with van der Waals surface area (Å²) in [5, 5.41) is 0. The minimum absolute atomic E-state index is 0.104. The number of rotatable bonds is 5. The molecule has 1 amide bonds. The first-order valence-corrected chi connectivity index (χ1v) is 11.2. The van der Waals surface area contributed by atoms with Crippen molar-refractivity contribution in [1.29, 1.82) is 0 Å². The first-order valence-electron chi connectivity index (χ1n) is 9.73. The van der Waals surface area contributed by atoms with Crippen molar-refractivity contribution < 1.29 is 22.7 Å². The van der Waals surface area contributed by atoms with Crippen molar-refractivity contribution in [2.75, 3.05) is 31.0 Å². The number of hydrogen-bond acceptors (Lipinski definition) is 5. The molecule has 2 aliphatic heterocycles. The molecule has 0 saturated carbocycles. The molecule has 1 N–H and O–H groups in total. The lowest BCUT2D eigenvalue weighted by atomic mass is 9.96. The van der Waals surface area contributed by atoms with E-state index in [1.807, 2.05) is 6.07 Å². The predicted octanol–water partition coefficient (Wildman–Crippen LogP) is 2.71. The summed E-state index contributed by atoms with van der Waals surface area (Å²) < 4.78 is 38.8. The second-order valence-corrected chi connectivity index (χ2v) is 8.94. The van der Waals surface area contributed by atoms with Crippen LogP contribution in [0.3, 0.4) is 0 Å². The van der Waals surface area contributed by atoms with Crippen LogP contribution in [0.15, 0.2) is 59.5 Å². The Morgan fingerprint density at radius 1 is 1.00 bits per heavy atom. The normalized spacial score (nSPS) is 20.6. The molecule has 2 aromatic carbocycles. The van der Waals surface area contributed by atoms with Gasteiger partial charge >= 0.3 is 0 Å². The zero-order valence-corrected chi connectivity index (χ0v) is 16.8. The maximum atomic E-state index is 12.9. The molecule has 2 fully saturated rings. The number of sulfonamides is 1. The van der Waals surface area contributed by atoms with E-state index in [-0.39, 0.29) is 23.0 Å². The minimum atomic E-state index is -3.71. The number of carbonyl (C=O) groups is 1. The van der Waals surface area contributed by atoms with Crippen molar-refractivity contribution >= 4 is 21.6 Å². The third-order valence-electron chi connectivity index (χ3n) is 5.22. The monoisotopic (exact) mass is 416 g/mol. The number of hydrogen-bond donors (Lipinski definition) is 1. The van der Waals surface area contributed by atoms with Gasteiger partial charge in [0.15, 0.2) is 6.29 Å². The molecule has 8 heteroatoms. The third-order valence-corrected chi connectivity index (χ3v) is 6.61. The van der Waals surface area contributed by atoms with Crippen molar-refractivity contribution in [2.45, 2.75) is 24.0 Å². The fourth-order valence-electron chi connectivity index (χ4n) is 3.74. The molecule has 0 spiro atoms. The Morgan fingerprint density at radius 3 is 2.38 bits per heavy atom. The first-order chi connectivity index (χ1) is 14.0. The lowest BCUT2D eigenvalue weighted by Crippen LogP contribution is -2.43. The number of para-hydroxylation sites is 1. The summed E-state index contributed by atoms with van der Waals surface area (Å²) in [6.07, 6.45) is 1.63. The number of anilines is 1. The largest absolute Gasteiger partial charge is 0.350 e. The Balaban J connectivity index is 1.43. The van der Waals surface area contributed by atoms with Crippen LogP contribution in [0, 0.1) is 5.92 Å². The Morgan fingerprint density at radius 2 is 1.69 bits per heavy atom. The molecule has 1 unspecified atom stereocenters. The van der Waals surface area contributed by atoms with Gasteiger partial charge in [0.05, 0.1) is 18.1 Å². The van der Waals surface area contributed by atoms with Crippen molar-refractivity contribution in [1.82, 2.24) is 4.90 Å². The number of carbonyl (C=O) groups excluding carboxylic acids is 1. The van der Waals surface area contributed by atoms with Crippen LogP contribution < -0.4 is 4.72 Å². The fraction of sp³-hybridized carbons (Fsp3) is 0.381. The van der Waals surface area contributed by atoms with E-state index in [4.69, 9.17) is 9.47 Å². The molecule has 2 saturated heterocycles. The first kappa shape index (κ1) is 19.9. The number of nitrogens with one attached hydrogen (secondary N) is 1. The van der Waals surface area contributed by atoms with E-state index < -0.39 is 10.0 Å². The second-order valence-electron chi connectivity index (χ2n) is 7.26. The highest BCUT2D eigenvalue weighted by atomic mass is 32.2. The van der Waals surface area contributed by atoms with Gasteiger partial charge in [-0.2, -0.15) is 0 Å². The van der Waals surface area contributed by atoms with E-state index in [2.05, 4.69) is 4.72 Å². The van der Waals surface area contributed by atoms with E-state index in [1.54, 1.807) is 41.3 Å². The van der Waals surface area contributed by atoms with Gasteiger partial charge in [0.2, 0.25) is 0 Å². The maximum absolute atomic E-state index is 12.9. The molecule has 2 heterocycles. The topological polar surface area (TPSA) is 84.9 Å². The van der Waals surface area contributed by atoms with Gasteiger partial charge in [0.1, 0.15) is 0 Å². The lowest BCUT2D eigenvalue weighted by molar-refractivity contribution is -0.0969. The van der Waals surface area contributed by atoms with E-state index in [0.29, 0.717) is 37.6 Å². The van der Waals surface area contributed by atoms with E-state index >= 15 is 0 Å². The maximum Gasteiger partial charge on any atom is 0.261 e. The summed E-state index contributed by atoms with van der Waals surface area (Å²) in [4.78, 5) is 14.8. The zero-order chi connectivity index (χ0) is 20.3. The Labute approximate surface area is 170 Å². The number of piperidine rings is 1. The number of benzene rings is 2. The van der Waals surface area contributed by atoms with E-state index in [1.165, 1.54) is 12.1 Å². The highest BCUT2D eigenvalue weighted by molar-refractivity contribution is 7.92. The molecule has 7 nitrogen and oxygen atoms in total. The van der Waals surface area contributed by atoms with Gasteiger partial charge in [0, 0.05) is 30.3 Å². The van der Waals surface area contributed by atoms with Crippen LogP contribution in [0.5, 0.6) is 0 Å². The van der Waals surface area contributed by atoms with Crippen molar-refractivity contribution in [3.8, 4) is 0 Å². The van der Waals surface area contributed by atoms with E-state index in [0.717, 1.165) is 12.8 Å². The molecule has 2 aliphatic rings. The van der Waals surface area contributed by atoms with Crippen LogP contribution in [0.25, 0.3) is 0 Å². The van der Waals surface area contributed by atoms with Crippen molar-refractivity contribution in [3.63, 3.8) is 0 Å². The fourth-order valence-corrected chi connectivity index (χ4v) is 4.80. The Bertz CT molecular complexity index is 941. The molecular formula is C21H24N2O5S. The highest BCUT2D eigenvalue weighted by Gasteiger charge is 2.33. The molecule has 1 atom stereocenters. The summed E-state index contributed by atoms with van der Waals surface area (Å²) in [7, 11) is -3.71. The molecule has 154 valence electrons. The molecule has 0 bridgehead atoms. The zero-order valence-electron chi connectivity index (χ0n) is 16.0. The minimum Gasteiger partial charge on any atom is -0.350 e. The molecule has 4 rings (SSSR count). The van der Waals surface area contributed by atoms with Crippen LogP contribution in [-0.2, 0) is 19.5 Å². The summed E-state index contributed by atoms with van der Waals surface area (Å²) in [5.74, 6) is 0.0672. The van der Waals surface area contributed by atoms with Crippen LogP contribution in [0.2, 0.25) is 0 Å². The second kappa shape index (κ2) is 8.52. The Hall–Kier alpha value is -2.42. The SMILES string of the molecule is O=C(c1ccc(S(=O)(=O)Nc2ccccc2)cc1)N1CCCC(C2OCCO2)C1. The highest BCUT2D eigenvalue weighted by Crippen LogP contribution is 2.26. The van der Waals surface area contributed by atoms with Crippen molar-refractivity contribution in [3.05, 3.63) is 60.2 Å². The quantitative estimate of drug-likeness (QED) is 0.810. The van der Waals surface area contributed by atoms with Gasteiger partial charge in [-0.05, 0) is 49.2 Å². The van der Waals surface area contributed by atoms with Crippen LogP contribution in [0.4, 0.5) is 5.69 Å². The number of nitrogens with zero attached hydrogens (tertiary/aromatic N) is 1. The molecular weight excluding hydrogens is 392 g/mol. The average molecular weight is 416 g/mol. The smallest absolute Gasteiger partial charge is 0.261 e. The van der Waals surface area contributed by atoms with Crippen LogP contribution in [-0.4, -0.2) is 51.8 Å². The van der Waals surface area contributed by atoms with Gasteiger partial charge in [0.25, 0.3) is 15.9 Å². The Kier molecular flexibility index (Phi) is 5.84. The van der Waals surface area contributed by atoms with Gasteiger partial charge in [-0.1, -0.05) is 18.2 Å². The van der Waals surface area contributed by atoms with E-state index in [9.17, 15) is 13.2 Å². The van der Waals surface area contributed by atoms with Gasteiger partial charge in [-0.3, -0.25) is 9.52 Å². The molecule has 2 aromatic rings. The molecule has 0 aromatic heterocycles. The van der Waals surface area contributed by atoms with Crippen LogP contribution >= 0.6 is 0 Å². The van der Waals surface area contributed by atoms with Gasteiger partial charge in [-0.15, -0.1) is 0 Å². The third kappa shape index (κ3) is 4.60. The number of ether oxygens (including phenoxy) is 2. The summed E-state index contributed by atoms with van der Waals surface area (Å²) >= 11 is 0. The summed E-state index contributed by atoms with van der Waals surface area (Å²) in [6.45, 7) is 2.46.